The molecule has 1 aliphatic carbocycles. The highest BCUT2D eigenvalue weighted by Gasteiger charge is 2.36. The topological polar surface area (TPSA) is 66.5 Å². The van der Waals surface area contributed by atoms with Crippen LogP contribution in [0.15, 0.2) is 24.4 Å². The van der Waals surface area contributed by atoms with Crippen molar-refractivity contribution >= 4 is 23.0 Å². The number of alkyl halides is 3. The predicted molar refractivity (Wildman–Crippen MR) is 88.9 cm³/mol. The molecule has 3 aromatic heterocycles. The minimum Gasteiger partial charge on any atom is -0.323 e. The van der Waals surface area contributed by atoms with E-state index in [1.807, 2.05) is 13.0 Å². The minimum atomic E-state index is -4.55. The number of anilines is 2. The number of aromatic nitrogens is 4. The smallest absolute Gasteiger partial charge is 0.323 e. The van der Waals surface area contributed by atoms with Crippen molar-refractivity contribution in [1.82, 2.24) is 20.2 Å². The molecule has 1 saturated carbocycles. The van der Waals surface area contributed by atoms with Crippen LogP contribution in [0.2, 0.25) is 0 Å². The van der Waals surface area contributed by atoms with E-state index in [-0.39, 0.29) is 11.6 Å². The number of hydrogen-bond donors (Lipinski definition) is 2. The molecule has 0 spiro atoms. The van der Waals surface area contributed by atoms with E-state index in [0.717, 1.165) is 34.5 Å². The molecule has 25 heavy (non-hydrogen) atoms. The molecule has 0 bridgehead atoms. The molecule has 3 heterocycles. The van der Waals surface area contributed by atoms with Gasteiger partial charge in [-0.2, -0.15) is 18.3 Å². The lowest BCUT2D eigenvalue weighted by Crippen LogP contribution is -2.12. The first kappa shape index (κ1) is 16.1. The quantitative estimate of drug-likeness (QED) is 0.692. The molecule has 0 atom stereocenters. The highest BCUT2D eigenvalue weighted by molar-refractivity contribution is 7.15. The maximum absolute atomic E-state index is 13.3. The Morgan fingerprint density at radius 2 is 2.08 bits per heavy atom. The number of halogens is 3. The van der Waals surface area contributed by atoms with Crippen LogP contribution in [-0.2, 0) is 6.18 Å². The van der Waals surface area contributed by atoms with Gasteiger partial charge in [0.05, 0.1) is 4.88 Å². The van der Waals surface area contributed by atoms with E-state index in [1.54, 1.807) is 12.1 Å². The molecular formula is C16H14F3N5S. The Morgan fingerprint density at radius 3 is 2.72 bits per heavy atom. The first-order chi connectivity index (χ1) is 11.9. The number of aromatic amines is 1. The molecule has 130 valence electrons. The van der Waals surface area contributed by atoms with Crippen LogP contribution in [0.4, 0.5) is 24.8 Å². The SMILES string of the molecule is Cc1ccc(-c2ncc(C(F)(F)F)c(Nc3cc(C4CC4)[nH]n3)n2)s1. The van der Waals surface area contributed by atoms with Gasteiger partial charge in [0.1, 0.15) is 11.4 Å². The standard InChI is InChI=1S/C16H14F3N5S/c1-8-2-5-12(25-8)15-20-7-10(16(17,18)19)14(22-15)21-13-6-11(23-24-13)9-3-4-9/h2,5-7,9H,3-4H2,1H3,(H2,20,21,22,23,24). The van der Waals surface area contributed by atoms with Crippen LogP contribution in [0.5, 0.6) is 0 Å². The maximum Gasteiger partial charge on any atom is 0.421 e. The molecular weight excluding hydrogens is 351 g/mol. The van der Waals surface area contributed by atoms with Gasteiger partial charge in [0.2, 0.25) is 0 Å². The largest absolute Gasteiger partial charge is 0.421 e. The third-order valence-corrected chi connectivity index (χ3v) is 4.91. The second kappa shape index (κ2) is 5.83. The van der Waals surface area contributed by atoms with E-state index in [1.165, 1.54) is 11.3 Å². The third kappa shape index (κ3) is 3.37. The summed E-state index contributed by atoms with van der Waals surface area (Å²) in [4.78, 5) is 9.74. The van der Waals surface area contributed by atoms with Crippen LogP contribution in [0.1, 0.15) is 34.9 Å². The van der Waals surface area contributed by atoms with E-state index in [0.29, 0.717) is 11.7 Å². The van der Waals surface area contributed by atoms with E-state index in [9.17, 15) is 13.2 Å². The van der Waals surface area contributed by atoms with Gasteiger partial charge in [0.15, 0.2) is 11.6 Å². The van der Waals surface area contributed by atoms with Crippen LogP contribution >= 0.6 is 11.3 Å². The van der Waals surface area contributed by atoms with Crippen LogP contribution in [0, 0.1) is 6.92 Å². The van der Waals surface area contributed by atoms with Crippen molar-refractivity contribution < 1.29 is 13.2 Å². The normalized spacial score (nSPS) is 14.7. The zero-order chi connectivity index (χ0) is 17.6. The van der Waals surface area contributed by atoms with Crippen molar-refractivity contribution in [2.75, 3.05) is 5.32 Å². The summed E-state index contributed by atoms with van der Waals surface area (Å²) >= 11 is 1.43. The molecule has 1 fully saturated rings. The van der Waals surface area contributed by atoms with E-state index in [4.69, 9.17) is 0 Å². The fourth-order valence-electron chi connectivity index (χ4n) is 2.48. The van der Waals surface area contributed by atoms with Gasteiger partial charge < -0.3 is 5.32 Å². The lowest BCUT2D eigenvalue weighted by Gasteiger charge is -2.12. The molecule has 0 aliphatic heterocycles. The van der Waals surface area contributed by atoms with Crippen LogP contribution in [-0.4, -0.2) is 20.2 Å². The maximum atomic E-state index is 13.3. The molecule has 0 radical (unpaired) electrons. The summed E-state index contributed by atoms with van der Waals surface area (Å²) in [5.74, 6) is 0.712. The van der Waals surface area contributed by atoms with Gasteiger partial charge in [-0.1, -0.05) is 0 Å². The number of H-pyrrole nitrogens is 1. The molecule has 9 heteroatoms. The van der Waals surface area contributed by atoms with Crippen molar-refractivity contribution in [2.45, 2.75) is 31.9 Å². The van der Waals surface area contributed by atoms with Gasteiger partial charge in [0.25, 0.3) is 0 Å². The Morgan fingerprint density at radius 1 is 1.28 bits per heavy atom. The fraction of sp³-hybridized carbons (Fsp3) is 0.312. The van der Waals surface area contributed by atoms with Crippen LogP contribution < -0.4 is 5.32 Å². The lowest BCUT2D eigenvalue weighted by molar-refractivity contribution is -0.137. The Balaban J connectivity index is 1.71. The van der Waals surface area contributed by atoms with Gasteiger partial charge in [0, 0.05) is 28.8 Å². The second-order valence-corrected chi connectivity index (χ2v) is 7.26. The molecule has 0 amide bonds. The molecule has 0 saturated heterocycles. The average Bonchev–Trinajstić information content (AvgIpc) is 3.15. The second-order valence-electron chi connectivity index (χ2n) is 5.97. The molecule has 0 unspecified atom stereocenters. The number of aryl methyl sites for hydroxylation is 1. The number of hydrogen-bond acceptors (Lipinski definition) is 5. The van der Waals surface area contributed by atoms with Gasteiger partial charge >= 0.3 is 6.18 Å². The van der Waals surface area contributed by atoms with Crippen molar-refractivity contribution in [3.63, 3.8) is 0 Å². The highest BCUT2D eigenvalue weighted by Crippen LogP contribution is 2.40. The van der Waals surface area contributed by atoms with Crippen molar-refractivity contribution in [2.24, 2.45) is 0 Å². The Bertz CT molecular complexity index is 911. The lowest BCUT2D eigenvalue weighted by atomic mass is 10.2. The summed E-state index contributed by atoms with van der Waals surface area (Å²) in [6.45, 7) is 1.92. The van der Waals surface area contributed by atoms with Gasteiger partial charge in [-0.15, -0.1) is 11.3 Å². The number of rotatable bonds is 4. The van der Waals surface area contributed by atoms with Gasteiger partial charge in [-0.25, -0.2) is 9.97 Å². The molecule has 5 nitrogen and oxygen atoms in total. The number of nitrogens with one attached hydrogen (secondary N) is 2. The van der Waals surface area contributed by atoms with Gasteiger partial charge in [-0.3, -0.25) is 5.10 Å². The summed E-state index contributed by atoms with van der Waals surface area (Å²) < 4.78 is 39.9. The monoisotopic (exact) mass is 365 g/mol. The van der Waals surface area contributed by atoms with Crippen molar-refractivity contribution in [1.29, 1.82) is 0 Å². The summed E-state index contributed by atoms with van der Waals surface area (Å²) in [6.07, 6.45) is -1.59. The zero-order valence-corrected chi connectivity index (χ0v) is 14.0. The fourth-order valence-corrected chi connectivity index (χ4v) is 3.29. The molecule has 4 rings (SSSR count). The number of nitrogens with zero attached hydrogens (tertiary/aromatic N) is 3. The van der Waals surface area contributed by atoms with E-state index < -0.39 is 11.7 Å². The Kier molecular flexibility index (Phi) is 3.75. The first-order valence-electron chi connectivity index (χ1n) is 7.73. The van der Waals surface area contributed by atoms with Gasteiger partial charge in [-0.05, 0) is 31.9 Å². The Labute approximate surface area is 145 Å². The Hall–Kier alpha value is -2.42. The van der Waals surface area contributed by atoms with Crippen LogP contribution in [0.3, 0.4) is 0 Å². The van der Waals surface area contributed by atoms with E-state index in [2.05, 4.69) is 25.5 Å². The highest BCUT2D eigenvalue weighted by atomic mass is 32.1. The molecule has 0 aromatic carbocycles. The molecule has 2 N–H and O–H groups in total. The summed E-state index contributed by atoms with van der Waals surface area (Å²) in [6, 6.07) is 5.41. The molecule has 3 aromatic rings. The predicted octanol–water partition coefficient (Wildman–Crippen LogP) is 4.88. The van der Waals surface area contributed by atoms with E-state index >= 15 is 0 Å². The first-order valence-corrected chi connectivity index (χ1v) is 8.55. The average molecular weight is 365 g/mol. The molecule has 1 aliphatic rings. The number of thiophene rings is 1. The van der Waals surface area contributed by atoms with Crippen molar-refractivity contribution in [3.05, 3.63) is 40.5 Å². The third-order valence-electron chi connectivity index (χ3n) is 3.92. The minimum absolute atomic E-state index is 0.256. The van der Waals surface area contributed by atoms with Crippen LogP contribution in [0.25, 0.3) is 10.7 Å². The summed E-state index contributed by atoms with van der Waals surface area (Å²) in [5.41, 5.74) is 0.0136. The summed E-state index contributed by atoms with van der Waals surface area (Å²) in [7, 11) is 0. The summed E-state index contributed by atoms with van der Waals surface area (Å²) in [5, 5.41) is 9.59. The zero-order valence-electron chi connectivity index (χ0n) is 13.2. The van der Waals surface area contributed by atoms with Crippen molar-refractivity contribution in [3.8, 4) is 10.7 Å².